The van der Waals surface area contributed by atoms with Gasteiger partial charge in [-0.3, -0.25) is 4.70 Å². The van der Waals surface area contributed by atoms with E-state index < -0.39 is 18.1 Å². The van der Waals surface area contributed by atoms with Gasteiger partial charge < -0.3 is 38.4 Å². The maximum atomic E-state index is 7.33. The highest BCUT2D eigenvalue weighted by molar-refractivity contribution is 6.47. The van der Waals surface area contributed by atoms with E-state index >= 15 is 0 Å². The molecule has 0 aliphatic heterocycles. The van der Waals surface area contributed by atoms with Crippen LogP contribution in [0.25, 0.3) is 0 Å². The number of rotatable bonds is 0. The van der Waals surface area contributed by atoms with Gasteiger partial charge in [-0.05, 0) is 0 Å². The molecule has 8 N–H and O–H groups in total. The summed E-state index contributed by atoms with van der Waals surface area (Å²) in [5, 5.41) is 0. The van der Waals surface area contributed by atoms with Crippen LogP contribution < -0.4 is 0 Å². The monoisotopic (exact) mass is 212 g/mol. The summed E-state index contributed by atoms with van der Waals surface area (Å²) in [6.45, 7) is 0. The maximum absolute atomic E-state index is 7.33. The van der Waals surface area contributed by atoms with Crippen LogP contribution >= 0.6 is 0 Å². The molecule has 0 saturated heterocycles. The fraction of sp³-hybridized carbons (Fsp3) is 0. The van der Waals surface area contributed by atoms with E-state index in [2.05, 4.69) is 0 Å². The van der Waals surface area contributed by atoms with E-state index in [1.54, 1.807) is 0 Å². The van der Waals surface area contributed by atoms with Crippen LogP contribution in [0, 0.1) is 0 Å². The Labute approximate surface area is 62.2 Å². The molecule has 0 atom stereocenters. The summed E-state index contributed by atoms with van der Waals surface area (Å²) in [6.07, 6.45) is 0. The second-order valence-electron chi connectivity index (χ2n) is 1.20. The van der Waals surface area contributed by atoms with Gasteiger partial charge in [-0.2, -0.15) is 0 Å². The first-order chi connectivity index (χ1) is 4.00. The molecule has 0 amide bonds. The lowest BCUT2D eigenvalue weighted by Crippen LogP contribution is -2.33. The molecule has 0 radical (unpaired) electrons. The Bertz CT molecular complexity index is 55.1. The van der Waals surface area contributed by atoms with E-state index in [0.717, 1.165) is 0 Å². The topological polar surface area (TPSA) is 162 Å². The standard InChI is InChI=1S/FH.2H4O4Si/c;2*1-5(2,3)4/h1H;2*1-4H. The van der Waals surface area contributed by atoms with E-state index in [0.29, 0.717) is 0 Å². The SMILES string of the molecule is F.O[Si](O)(O)O.O[Si](O)(O)O. The molecule has 0 fully saturated rings. The Morgan fingerprint density at radius 1 is 0.455 bits per heavy atom. The van der Waals surface area contributed by atoms with Crippen molar-refractivity contribution >= 4 is 18.1 Å². The van der Waals surface area contributed by atoms with Crippen molar-refractivity contribution in [2.75, 3.05) is 0 Å². The van der Waals surface area contributed by atoms with Gasteiger partial charge in [0, 0.05) is 0 Å². The quantitative estimate of drug-likeness (QED) is 0.185. The third-order valence-electron chi connectivity index (χ3n) is 0. The van der Waals surface area contributed by atoms with Crippen molar-refractivity contribution in [2.24, 2.45) is 0 Å². The fourth-order valence-electron chi connectivity index (χ4n) is 0. The third kappa shape index (κ3) is 339000. The van der Waals surface area contributed by atoms with Gasteiger partial charge in [0.15, 0.2) is 0 Å². The van der Waals surface area contributed by atoms with Crippen molar-refractivity contribution in [1.82, 2.24) is 0 Å². The first-order valence-electron chi connectivity index (χ1n) is 1.79. The lowest BCUT2D eigenvalue weighted by atomic mass is 15.7. The molecule has 0 aromatic carbocycles. The van der Waals surface area contributed by atoms with Gasteiger partial charge >= 0.3 is 18.1 Å². The highest BCUT2D eigenvalue weighted by atomic mass is 28.4. The van der Waals surface area contributed by atoms with Gasteiger partial charge in [0.25, 0.3) is 0 Å². The zero-order valence-corrected chi connectivity index (χ0v) is 6.99. The predicted molar refractivity (Wildman–Crippen MR) is 31.8 cm³/mol. The molecule has 0 aliphatic carbocycles. The molecule has 8 nitrogen and oxygen atoms in total. The van der Waals surface area contributed by atoms with Crippen LogP contribution in [0.5, 0.6) is 0 Å². The molecule has 0 aromatic rings. The molecule has 11 heavy (non-hydrogen) atoms. The van der Waals surface area contributed by atoms with Crippen LogP contribution in [0.3, 0.4) is 0 Å². The highest BCUT2D eigenvalue weighted by Gasteiger charge is 2.22. The zero-order chi connectivity index (χ0) is 9.00. The van der Waals surface area contributed by atoms with Crippen molar-refractivity contribution in [3.63, 3.8) is 0 Å². The molecule has 11 heteroatoms. The smallest absolute Gasteiger partial charge is 0.368 e. The van der Waals surface area contributed by atoms with Gasteiger partial charge in [-0.1, -0.05) is 0 Å². The summed E-state index contributed by atoms with van der Waals surface area (Å²) in [4.78, 5) is 58.6. The molecule has 72 valence electrons. The molecule has 0 aromatic heterocycles. The minimum absolute atomic E-state index is 0. The Balaban J connectivity index is -0.000000107. The average Bonchev–Trinajstić information content (AvgIpc) is 1.12. The largest absolute Gasteiger partial charge is 0.668 e. The molecule has 0 unspecified atom stereocenters. The Hall–Kier alpha value is 0.0438. The van der Waals surface area contributed by atoms with Crippen LogP contribution in [-0.4, -0.2) is 56.5 Å². The zero-order valence-electron chi connectivity index (χ0n) is 4.99. The van der Waals surface area contributed by atoms with Gasteiger partial charge in [-0.15, -0.1) is 0 Å². The first kappa shape index (κ1) is 17.2. The predicted octanol–water partition coefficient (Wildman–Crippen LogP) is -5.07. The van der Waals surface area contributed by atoms with Crippen molar-refractivity contribution in [1.29, 1.82) is 0 Å². The molecule has 0 spiro atoms. The van der Waals surface area contributed by atoms with Gasteiger partial charge in [0.1, 0.15) is 0 Å². The van der Waals surface area contributed by atoms with Crippen molar-refractivity contribution in [3.8, 4) is 0 Å². The second kappa shape index (κ2) is 5.66. The average molecular weight is 212 g/mol. The number of hydrogen-bond donors (Lipinski definition) is 8. The summed E-state index contributed by atoms with van der Waals surface area (Å²) in [5.41, 5.74) is 0. The minimum Gasteiger partial charge on any atom is -0.368 e. The van der Waals surface area contributed by atoms with E-state index in [-0.39, 0.29) is 4.70 Å². The fourth-order valence-corrected chi connectivity index (χ4v) is 0. The molecule has 0 aliphatic rings. The molecule has 0 saturated carbocycles. The minimum atomic E-state index is -4.61. The summed E-state index contributed by atoms with van der Waals surface area (Å²) < 4.78 is 0. The summed E-state index contributed by atoms with van der Waals surface area (Å²) in [6, 6.07) is 0. The highest BCUT2D eigenvalue weighted by Crippen LogP contribution is 1.67. The van der Waals surface area contributed by atoms with E-state index in [4.69, 9.17) is 38.4 Å². The van der Waals surface area contributed by atoms with Crippen LogP contribution in [0.4, 0.5) is 4.70 Å². The molecular weight excluding hydrogens is 203 g/mol. The van der Waals surface area contributed by atoms with Crippen LogP contribution in [0.2, 0.25) is 0 Å². The van der Waals surface area contributed by atoms with Crippen molar-refractivity contribution in [2.45, 2.75) is 0 Å². The Morgan fingerprint density at radius 2 is 0.455 bits per heavy atom. The number of hydrogen-bond acceptors (Lipinski definition) is 8. The number of halogens is 1. The van der Waals surface area contributed by atoms with Gasteiger partial charge in [-0.25, -0.2) is 0 Å². The lowest BCUT2D eigenvalue weighted by molar-refractivity contribution is 0.115. The Kier molecular flexibility index (Phi) is 8.86. The summed E-state index contributed by atoms with van der Waals surface area (Å²) >= 11 is 0. The van der Waals surface area contributed by atoms with Crippen LogP contribution in [-0.2, 0) is 0 Å². The summed E-state index contributed by atoms with van der Waals surface area (Å²) in [7, 11) is -9.22. The van der Waals surface area contributed by atoms with E-state index in [1.165, 1.54) is 0 Å². The van der Waals surface area contributed by atoms with Crippen molar-refractivity contribution < 1.29 is 43.1 Å². The second-order valence-corrected chi connectivity index (χ2v) is 3.60. The molecule has 0 rings (SSSR count). The third-order valence-corrected chi connectivity index (χ3v) is 0. The van der Waals surface area contributed by atoms with Gasteiger partial charge in [0.05, 0.1) is 0 Å². The van der Waals surface area contributed by atoms with Crippen LogP contribution in [0.15, 0.2) is 0 Å². The molecular formula is H9FO8Si2. The van der Waals surface area contributed by atoms with E-state index in [9.17, 15) is 0 Å². The Morgan fingerprint density at radius 3 is 0.455 bits per heavy atom. The maximum Gasteiger partial charge on any atom is 0.668 e. The van der Waals surface area contributed by atoms with Crippen molar-refractivity contribution in [3.05, 3.63) is 0 Å². The lowest BCUT2D eigenvalue weighted by Gasteiger charge is -1.91. The summed E-state index contributed by atoms with van der Waals surface area (Å²) in [5.74, 6) is 0. The normalized spacial score (nSPS) is 10.9. The van der Waals surface area contributed by atoms with Gasteiger partial charge in [0.2, 0.25) is 0 Å². The molecule has 0 heterocycles. The van der Waals surface area contributed by atoms with Crippen LogP contribution in [0.1, 0.15) is 0 Å². The molecule has 0 bridgehead atoms. The van der Waals surface area contributed by atoms with E-state index in [1.807, 2.05) is 0 Å². The first-order valence-corrected chi connectivity index (χ1v) is 5.37.